The SMILES string of the molecule is CCNCc1cc(C)ccc1N1CCN(C)C(=O)C1(C)C. The molecule has 0 spiro atoms. The molecule has 1 aliphatic heterocycles. The van der Waals surface area contributed by atoms with Gasteiger partial charge in [0.1, 0.15) is 5.54 Å². The second-order valence-electron chi connectivity index (χ2n) is 6.35. The minimum atomic E-state index is -0.497. The normalized spacial score (nSPS) is 18.2. The number of carbonyl (C=O) groups is 1. The lowest BCUT2D eigenvalue weighted by Gasteiger charge is -2.46. The molecule has 2 rings (SSSR count). The molecule has 1 fully saturated rings. The molecular weight excluding hydrogens is 262 g/mol. The van der Waals surface area contributed by atoms with Gasteiger partial charge >= 0.3 is 0 Å². The number of nitrogens with one attached hydrogen (secondary N) is 1. The Bertz CT molecular complexity index is 525. The summed E-state index contributed by atoms with van der Waals surface area (Å²) in [5, 5.41) is 3.40. The van der Waals surface area contributed by atoms with E-state index in [1.165, 1.54) is 16.8 Å². The fourth-order valence-corrected chi connectivity index (χ4v) is 3.01. The molecule has 0 atom stereocenters. The number of anilines is 1. The van der Waals surface area contributed by atoms with E-state index >= 15 is 0 Å². The van der Waals surface area contributed by atoms with Crippen molar-refractivity contribution in [3.8, 4) is 0 Å². The highest BCUT2D eigenvalue weighted by atomic mass is 16.2. The Hall–Kier alpha value is -1.55. The number of benzene rings is 1. The number of nitrogens with zero attached hydrogens (tertiary/aromatic N) is 2. The van der Waals surface area contributed by atoms with E-state index in [0.29, 0.717) is 0 Å². The largest absolute Gasteiger partial charge is 0.355 e. The first kappa shape index (κ1) is 15.8. The zero-order valence-corrected chi connectivity index (χ0v) is 13.9. The van der Waals surface area contributed by atoms with Crippen LogP contribution in [-0.4, -0.2) is 43.0 Å². The summed E-state index contributed by atoms with van der Waals surface area (Å²) in [6.45, 7) is 11.7. The van der Waals surface area contributed by atoms with Gasteiger partial charge < -0.3 is 15.1 Å². The lowest BCUT2D eigenvalue weighted by Crippen LogP contribution is -2.62. The molecule has 1 aromatic rings. The highest BCUT2D eigenvalue weighted by Crippen LogP contribution is 2.31. The number of aryl methyl sites for hydroxylation is 1. The Labute approximate surface area is 128 Å². The summed E-state index contributed by atoms with van der Waals surface area (Å²) in [5.41, 5.74) is 3.20. The van der Waals surface area contributed by atoms with E-state index in [1.807, 2.05) is 25.8 Å². The highest BCUT2D eigenvalue weighted by molar-refractivity contribution is 5.90. The number of carbonyl (C=O) groups excluding carboxylic acids is 1. The summed E-state index contributed by atoms with van der Waals surface area (Å²) in [4.78, 5) is 16.6. The number of piperazine rings is 1. The van der Waals surface area contributed by atoms with E-state index in [2.05, 4.69) is 42.3 Å². The lowest BCUT2D eigenvalue weighted by atomic mass is 9.95. The van der Waals surface area contributed by atoms with Crippen LogP contribution in [-0.2, 0) is 11.3 Å². The molecule has 0 bridgehead atoms. The van der Waals surface area contributed by atoms with Crippen molar-refractivity contribution in [2.45, 2.75) is 39.8 Å². The van der Waals surface area contributed by atoms with Gasteiger partial charge in [0.2, 0.25) is 5.91 Å². The van der Waals surface area contributed by atoms with Crippen LogP contribution < -0.4 is 10.2 Å². The summed E-state index contributed by atoms with van der Waals surface area (Å²) < 4.78 is 0. The lowest BCUT2D eigenvalue weighted by molar-refractivity contribution is -0.136. The maximum absolute atomic E-state index is 12.5. The van der Waals surface area contributed by atoms with Crippen LogP contribution in [0.1, 0.15) is 31.9 Å². The average Bonchev–Trinajstić information content (AvgIpc) is 2.44. The Morgan fingerprint density at radius 1 is 1.29 bits per heavy atom. The van der Waals surface area contributed by atoms with Crippen LogP contribution in [0.2, 0.25) is 0 Å². The van der Waals surface area contributed by atoms with Crippen molar-refractivity contribution in [2.75, 3.05) is 31.6 Å². The molecule has 116 valence electrons. The summed E-state index contributed by atoms with van der Waals surface area (Å²) in [7, 11) is 1.89. The predicted octanol–water partition coefficient (Wildman–Crippen LogP) is 2.16. The minimum absolute atomic E-state index is 0.184. The number of hydrogen-bond acceptors (Lipinski definition) is 3. The Morgan fingerprint density at radius 3 is 2.67 bits per heavy atom. The molecule has 0 unspecified atom stereocenters. The maximum Gasteiger partial charge on any atom is 0.247 e. The van der Waals surface area contributed by atoms with Gasteiger partial charge in [-0.3, -0.25) is 4.79 Å². The smallest absolute Gasteiger partial charge is 0.247 e. The van der Waals surface area contributed by atoms with E-state index in [-0.39, 0.29) is 5.91 Å². The first-order valence-electron chi connectivity index (χ1n) is 7.71. The molecule has 0 aliphatic carbocycles. The van der Waals surface area contributed by atoms with Gasteiger partial charge in [0.05, 0.1) is 0 Å². The van der Waals surface area contributed by atoms with Crippen molar-refractivity contribution < 1.29 is 4.79 Å². The summed E-state index contributed by atoms with van der Waals surface area (Å²) >= 11 is 0. The monoisotopic (exact) mass is 289 g/mol. The zero-order chi connectivity index (χ0) is 15.6. The maximum atomic E-state index is 12.5. The molecule has 1 saturated heterocycles. The molecule has 21 heavy (non-hydrogen) atoms. The van der Waals surface area contributed by atoms with E-state index in [1.54, 1.807) is 0 Å². The third-order valence-electron chi connectivity index (χ3n) is 4.30. The standard InChI is InChI=1S/C17H27N3O/c1-6-18-12-14-11-13(2)7-8-15(14)20-10-9-19(5)16(21)17(20,3)4/h7-8,11,18H,6,9-10,12H2,1-5H3. The second-order valence-corrected chi connectivity index (χ2v) is 6.35. The average molecular weight is 289 g/mol. The fraction of sp³-hybridized carbons (Fsp3) is 0.588. The summed E-state index contributed by atoms with van der Waals surface area (Å²) in [6, 6.07) is 6.50. The summed E-state index contributed by atoms with van der Waals surface area (Å²) in [6.07, 6.45) is 0. The third kappa shape index (κ3) is 3.05. The minimum Gasteiger partial charge on any atom is -0.355 e. The van der Waals surface area contributed by atoms with Gasteiger partial charge in [-0.1, -0.05) is 24.6 Å². The van der Waals surface area contributed by atoms with E-state index in [9.17, 15) is 4.79 Å². The Kier molecular flexibility index (Phi) is 4.57. The number of hydrogen-bond donors (Lipinski definition) is 1. The molecule has 0 saturated carbocycles. The van der Waals surface area contributed by atoms with Gasteiger partial charge in [-0.2, -0.15) is 0 Å². The van der Waals surface area contributed by atoms with Gasteiger partial charge in [0.15, 0.2) is 0 Å². The molecule has 1 N–H and O–H groups in total. The highest BCUT2D eigenvalue weighted by Gasteiger charge is 2.41. The van der Waals surface area contributed by atoms with Crippen LogP contribution in [0.4, 0.5) is 5.69 Å². The fourth-order valence-electron chi connectivity index (χ4n) is 3.01. The quantitative estimate of drug-likeness (QED) is 0.922. The van der Waals surface area contributed by atoms with E-state index in [0.717, 1.165) is 26.2 Å². The van der Waals surface area contributed by atoms with Crippen molar-refractivity contribution in [2.24, 2.45) is 0 Å². The van der Waals surface area contributed by atoms with Gasteiger partial charge in [-0.15, -0.1) is 0 Å². The zero-order valence-electron chi connectivity index (χ0n) is 13.9. The van der Waals surface area contributed by atoms with Crippen molar-refractivity contribution >= 4 is 11.6 Å². The van der Waals surface area contributed by atoms with Crippen LogP contribution in [0.15, 0.2) is 18.2 Å². The molecule has 0 aromatic heterocycles. The number of likely N-dealkylation sites (N-methyl/N-ethyl adjacent to an activating group) is 1. The Morgan fingerprint density at radius 2 is 2.00 bits per heavy atom. The topological polar surface area (TPSA) is 35.6 Å². The predicted molar refractivity (Wildman–Crippen MR) is 87.6 cm³/mol. The third-order valence-corrected chi connectivity index (χ3v) is 4.30. The molecule has 1 aliphatic rings. The first-order chi connectivity index (χ1) is 9.87. The molecule has 4 heteroatoms. The van der Waals surface area contributed by atoms with Gasteiger partial charge in [-0.25, -0.2) is 0 Å². The van der Waals surface area contributed by atoms with Crippen molar-refractivity contribution in [3.05, 3.63) is 29.3 Å². The van der Waals surface area contributed by atoms with Crippen molar-refractivity contribution in [1.82, 2.24) is 10.2 Å². The molecule has 4 nitrogen and oxygen atoms in total. The van der Waals surface area contributed by atoms with Crippen LogP contribution in [0.5, 0.6) is 0 Å². The van der Waals surface area contributed by atoms with Crippen molar-refractivity contribution in [3.63, 3.8) is 0 Å². The first-order valence-corrected chi connectivity index (χ1v) is 7.71. The van der Waals surface area contributed by atoms with E-state index < -0.39 is 5.54 Å². The van der Waals surface area contributed by atoms with Crippen LogP contribution in [0, 0.1) is 6.92 Å². The van der Waals surface area contributed by atoms with Gasteiger partial charge in [0, 0.05) is 32.4 Å². The van der Waals surface area contributed by atoms with Crippen molar-refractivity contribution in [1.29, 1.82) is 0 Å². The van der Waals surface area contributed by atoms with Crippen LogP contribution in [0.25, 0.3) is 0 Å². The van der Waals surface area contributed by atoms with Gasteiger partial charge in [0.25, 0.3) is 0 Å². The number of rotatable bonds is 4. The van der Waals surface area contributed by atoms with Gasteiger partial charge in [-0.05, 0) is 38.9 Å². The van der Waals surface area contributed by atoms with Crippen LogP contribution in [0.3, 0.4) is 0 Å². The Balaban J connectivity index is 2.38. The molecule has 1 heterocycles. The molecule has 1 aromatic carbocycles. The second kappa shape index (κ2) is 6.06. The molecule has 0 radical (unpaired) electrons. The summed E-state index contributed by atoms with van der Waals surface area (Å²) in [5.74, 6) is 0.184. The molecular formula is C17H27N3O. The van der Waals surface area contributed by atoms with Crippen LogP contribution >= 0.6 is 0 Å². The van der Waals surface area contributed by atoms with E-state index in [4.69, 9.17) is 0 Å². The number of amides is 1. The molecule has 1 amide bonds.